The van der Waals surface area contributed by atoms with E-state index in [0.717, 1.165) is 22.6 Å². The van der Waals surface area contributed by atoms with E-state index in [1.165, 1.54) is 0 Å². The molecule has 0 spiro atoms. The van der Waals surface area contributed by atoms with Crippen LogP contribution in [0.5, 0.6) is 0 Å². The van der Waals surface area contributed by atoms with Gasteiger partial charge in [-0.1, -0.05) is 0 Å². The van der Waals surface area contributed by atoms with Gasteiger partial charge in [-0.15, -0.1) is 5.10 Å². The number of aromatic nitrogens is 4. The lowest BCUT2D eigenvalue weighted by atomic mass is 10.1. The zero-order valence-electron chi connectivity index (χ0n) is 10.6. The van der Waals surface area contributed by atoms with Crippen molar-refractivity contribution >= 4 is 5.69 Å². The molecule has 2 rings (SSSR count). The molecule has 6 heteroatoms. The van der Waals surface area contributed by atoms with Crippen molar-refractivity contribution in [2.75, 3.05) is 18.9 Å². The maximum absolute atomic E-state index is 5.74. The van der Waals surface area contributed by atoms with Gasteiger partial charge in [0.25, 0.3) is 0 Å². The van der Waals surface area contributed by atoms with E-state index in [2.05, 4.69) is 15.5 Å². The number of nitrogens with zero attached hydrogens (tertiary/aromatic N) is 4. The monoisotopic (exact) mass is 247 g/mol. The number of tetrazole rings is 1. The Morgan fingerprint density at radius 1 is 1.39 bits per heavy atom. The van der Waals surface area contributed by atoms with Crippen molar-refractivity contribution in [3.63, 3.8) is 0 Å². The van der Waals surface area contributed by atoms with Crippen LogP contribution in [0.25, 0.3) is 11.4 Å². The zero-order chi connectivity index (χ0) is 13.0. The molecule has 0 atom stereocenters. The average Bonchev–Trinajstić information content (AvgIpc) is 2.78. The van der Waals surface area contributed by atoms with Gasteiger partial charge < -0.3 is 10.5 Å². The van der Waals surface area contributed by atoms with Gasteiger partial charge >= 0.3 is 0 Å². The lowest BCUT2D eigenvalue weighted by molar-refractivity contribution is 0.136. The van der Waals surface area contributed by atoms with Crippen LogP contribution in [0.1, 0.15) is 12.5 Å². The number of ether oxygens (including phenoxy) is 1. The first-order valence-electron chi connectivity index (χ1n) is 5.92. The van der Waals surface area contributed by atoms with E-state index >= 15 is 0 Å². The lowest BCUT2D eigenvalue weighted by Crippen LogP contribution is -2.09. The maximum atomic E-state index is 5.74. The van der Waals surface area contributed by atoms with Crippen LogP contribution in [0.3, 0.4) is 0 Å². The molecule has 0 aliphatic rings. The minimum absolute atomic E-state index is 0.600. The predicted octanol–water partition coefficient (Wildman–Crippen LogP) is 1.27. The molecule has 96 valence electrons. The summed E-state index contributed by atoms with van der Waals surface area (Å²) < 4.78 is 7.05. The van der Waals surface area contributed by atoms with E-state index in [0.29, 0.717) is 19.8 Å². The van der Waals surface area contributed by atoms with E-state index in [1.54, 1.807) is 4.68 Å². The van der Waals surface area contributed by atoms with Crippen LogP contribution in [0.15, 0.2) is 18.2 Å². The summed E-state index contributed by atoms with van der Waals surface area (Å²) in [5.41, 5.74) is 8.53. The Morgan fingerprint density at radius 2 is 2.22 bits per heavy atom. The molecule has 1 aromatic carbocycles. The number of aryl methyl sites for hydroxylation is 1. The van der Waals surface area contributed by atoms with Crippen LogP contribution < -0.4 is 5.73 Å². The highest BCUT2D eigenvalue weighted by molar-refractivity contribution is 5.63. The van der Waals surface area contributed by atoms with Crippen molar-refractivity contribution in [3.05, 3.63) is 23.8 Å². The second-order valence-corrected chi connectivity index (χ2v) is 4.00. The van der Waals surface area contributed by atoms with Gasteiger partial charge in [0.1, 0.15) is 0 Å². The molecule has 0 amide bonds. The molecular weight excluding hydrogens is 230 g/mol. The molecular formula is C12H17N5O. The van der Waals surface area contributed by atoms with Gasteiger partial charge in [-0.3, -0.25) is 0 Å². The highest BCUT2D eigenvalue weighted by Crippen LogP contribution is 2.22. The van der Waals surface area contributed by atoms with Crippen LogP contribution in [0.2, 0.25) is 0 Å². The summed E-state index contributed by atoms with van der Waals surface area (Å²) >= 11 is 0. The molecule has 2 N–H and O–H groups in total. The summed E-state index contributed by atoms with van der Waals surface area (Å²) in [6.07, 6.45) is 0. The quantitative estimate of drug-likeness (QED) is 0.635. The number of anilines is 1. The van der Waals surface area contributed by atoms with Crippen LogP contribution in [-0.2, 0) is 11.3 Å². The summed E-state index contributed by atoms with van der Waals surface area (Å²) in [5, 5.41) is 11.8. The third-order valence-corrected chi connectivity index (χ3v) is 2.67. The lowest BCUT2D eigenvalue weighted by Gasteiger charge is -2.07. The van der Waals surface area contributed by atoms with Gasteiger partial charge in [-0.05, 0) is 48.0 Å². The molecule has 0 saturated heterocycles. The van der Waals surface area contributed by atoms with E-state index in [-0.39, 0.29) is 0 Å². The highest BCUT2D eigenvalue weighted by atomic mass is 16.5. The summed E-state index contributed by atoms with van der Waals surface area (Å²) in [5.74, 6) is 0.743. The fraction of sp³-hybridized carbons (Fsp3) is 0.417. The molecule has 0 radical (unpaired) electrons. The van der Waals surface area contributed by atoms with Crippen molar-refractivity contribution in [1.29, 1.82) is 0 Å². The minimum atomic E-state index is 0.600. The molecule has 0 fully saturated rings. The Labute approximate surface area is 106 Å². The molecule has 1 heterocycles. The first-order chi connectivity index (χ1) is 8.72. The Bertz CT molecular complexity index is 523. The minimum Gasteiger partial charge on any atom is -0.399 e. The molecule has 0 aliphatic carbocycles. The van der Waals surface area contributed by atoms with Gasteiger partial charge in [-0.25, -0.2) is 4.68 Å². The highest BCUT2D eigenvalue weighted by Gasteiger charge is 2.11. The van der Waals surface area contributed by atoms with Crippen LogP contribution in [-0.4, -0.2) is 33.4 Å². The van der Waals surface area contributed by atoms with Crippen molar-refractivity contribution < 1.29 is 4.74 Å². The van der Waals surface area contributed by atoms with E-state index in [4.69, 9.17) is 10.5 Å². The van der Waals surface area contributed by atoms with Gasteiger partial charge in [0.15, 0.2) is 5.82 Å². The number of hydrogen-bond donors (Lipinski definition) is 1. The first-order valence-corrected chi connectivity index (χ1v) is 5.92. The Hall–Kier alpha value is -1.95. The summed E-state index contributed by atoms with van der Waals surface area (Å²) in [6, 6.07) is 5.70. The second-order valence-electron chi connectivity index (χ2n) is 4.00. The summed E-state index contributed by atoms with van der Waals surface area (Å²) in [7, 11) is 0. The van der Waals surface area contributed by atoms with E-state index in [9.17, 15) is 0 Å². The van der Waals surface area contributed by atoms with Crippen molar-refractivity contribution in [2.45, 2.75) is 20.4 Å². The van der Waals surface area contributed by atoms with Crippen molar-refractivity contribution in [3.8, 4) is 11.4 Å². The Balaban J connectivity index is 2.25. The molecule has 6 nitrogen and oxygen atoms in total. The SMILES string of the molecule is CCOCCn1nnnc1-c1ccc(N)cc1C. The molecule has 0 bridgehead atoms. The molecule has 1 aromatic heterocycles. The smallest absolute Gasteiger partial charge is 0.182 e. The fourth-order valence-corrected chi connectivity index (χ4v) is 1.78. The van der Waals surface area contributed by atoms with Gasteiger partial charge in [-0.2, -0.15) is 0 Å². The Morgan fingerprint density at radius 3 is 2.94 bits per heavy atom. The topological polar surface area (TPSA) is 78.8 Å². The normalized spacial score (nSPS) is 10.8. The van der Waals surface area contributed by atoms with Crippen LogP contribution in [0.4, 0.5) is 5.69 Å². The molecule has 2 aromatic rings. The standard InChI is InChI=1S/C12H17N5O/c1-3-18-7-6-17-12(14-15-16-17)11-5-4-10(13)8-9(11)2/h4-5,8H,3,6-7,13H2,1-2H3. The number of rotatable bonds is 5. The maximum Gasteiger partial charge on any atom is 0.182 e. The van der Waals surface area contributed by atoms with Crippen molar-refractivity contribution in [2.24, 2.45) is 0 Å². The molecule has 0 saturated carbocycles. The third kappa shape index (κ3) is 2.65. The predicted molar refractivity (Wildman–Crippen MR) is 68.9 cm³/mol. The van der Waals surface area contributed by atoms with Crippen LogP contribution in [0, 0.1) is 6.92 Å². The first kappa shape index (κ1) is 12.5. The van der Waals surface area contributed by atoms with Crippen LogP contribution >= 0.6 is 0 Å². The second kappa shape index (κ2) is 5.59. The number of nitrogen functional groups attached to an aromatic ring is 1. The van der Waals surface area contributed by atoms with E-state index < -0.39 is 0 Å². The molecule has 0 aliphatic heterocycles. The largest absolute Gasteiger partial charge is 0.399 e. The zero-order valence-corrected chi connectivity index (χ0v) is 10.6. The van der Waals surface area contributed by atoms with Gasteiger partial charge in [0.05, 0.1) is 13.2 Å². The Kier molecular flexibility index (Phi) is 3.88. The molecule has 18 heavy (non-hydrogen) atoms. The van der Waals surface area contributed by atoms with E-state index in [1.807, 2.05) is 32.0 Å². The summed E-state index contributed by atoms with van der Waals surface area (Å²) in [6.45, 7) is 5.89. The molecule has 0 unspecified atom stereocenters. The number of hydrogen-bond acceptors (Lipinski definition) is 5. The average molecular weight is 247 g/mol. The van der Waals surface area contributed by atoms with Gasteiger partial charge in [0, 0.05) is 17.9 Å². The number of nitrogens with two attached hydrogens (primary N) is 1. The number of benzene rings is 1. The third-order valence-electron chi connectivity index (χ3n) is 2.67. The fourth-order valence-electron chi connectivity index (χ4n) is 1.78. The summed E-state index contributed by atoms with van der Waals surface area (Å²) in [4.78, 5) is 0. The van der Waals surface area contributed by atoms with Gasteiger partial charge in [0.2, 0.25) is 0 Å². The van der Waals surface area contributed by atoms with Crippen molar-refractivity contribution in [1.82, 2.24) is 20.2 Å².